The number of carbonyl (C=O) groups is 2. The number of esters is 2. The lowest BCUT2D eigenvalue weighted by Crippen LogP contribution is -2.30. The number of hydrogen-bond acceptors (Lipinski definition) is 5. The van der Waals surface area contributed by atoms with E-state index in [0.29, 0.717) is 19.4 Å². The van der Waals surface area contributed by atoms with Gasteiger partial charge in [0.2, 0.25) is 0 Å². The first-order valence-corrected chi connectivity index (χ1v) is 23.8. The zero-order valence-corrected chi connectivity index (χ0v) is 37.1. The van der Waals surface area contributed by atoms with Crippen LogP contribution in [-0.2, 0) is 23.8 Å². The Morgan fingerprint density at radius 2 is 0.804 bits per heavy atom. The molecule has 0 spiro atoms. The Kier molecular flexibility index (Phi) is 45.0. The Bertz CT molecular complexity index is 977. The van der Waals surface area contributed by atoms with E-state index in [1.54, 1.807) is 0 Å². The zero-order valence-electron chi connectivity index (χ0n) is 37.1. The van der Waals surface area contributed by atoms with Crippen LogP contribution in [0.4, 0.5) is 0 Å². The monoisotopic (exact) mass is 783 g/mol. The van der Waals surface area contributed by atoms with E-state index < -0.39 is 6.10 Å². The second-order valence-electron chi connectivity index (χ2n) is 15.6. The standard InChI is InChI=1S/C51H90O5/c1-4-7-10-13-16-19-22-24-25-26-27-28-30-32-35-38-41-44-50(52)55-48-49(47-54-46-43-40-37-34-31-23-20-17-14-11-8-5-2)56-51(53)45-42-39-36-33-29-21-18-15-12-9-6-3/h7,10,16,19,24-25,27-28,32,35,49H,4-6,8-9,11-15,17-18,20-23,26,29-31,33-34,36-48H2,1-3H3/b10-7-,19-16-,25-24-,28-27-,35-32-. The van der Waals surface area contributed by atoms with E-state index in [2.05, 4.69) is 81.5 Å². The van der Waals surface area contributed by atoms with Crippen LogP contribution in [0.15, 0.2) is 60.8 Å². The largest absolute Gasteiger partial charge is 0.462 e. The minimum Gasteiger partial charge on any atom is -0.462 e. The summed E-state index contributed by atoms with van der Waals surface area (Å²) in [5, 5.41) is 0. The molecule has 0 aromatic carbocycles. The van der Waals surface area contributed by atoms with Crippen LogP contribution in [0.2, 0.25) is 0 Å². The van der Waals surface area contributed by atoms with Crippen LogP contribution < -0.4 is 0 Å². The fourth-order valence-electron chi connectivity index (χ4n) is 6.55. The first-order chi connectivity index (χ1) is 27.6. The second kappa shape index (κ2) is 47.0. The SMILES string of the molecule is CC/C=C\C/C=C\C/C=C\C/C=C\C/C=C\CCCC(=O)OCC(COCCCCCCCCCCCCCC)OC(=O)CCCCCCCCCCCCC. The van der Waals surface area contributed by atoms with E-state index in [4.69, 9.17) is 14.2 Å². The predicted octanol–water partition coefficient (Wildman–Crippen LogP) is 15.8. The first kappa shape index (κ1) is 53.6. The molecule has 5 nitrogen and oxygen atoms in total. The van der Waals surface area contributed by atoms with Crippen LogP contribution in [0.1, 0.15) is 226 Å². The Morgan fingerprint density at radius 1 is 0.411 bits per heavy atom. The van der Waals surface area contributed by atoms with Crippen LogP contribution in [0.3, 0.4) is 0 Å². The highest BCUT2D eigenvalue weighted by molar-refractivity contribution is 5.70. The molecule has 0 saturated heterocycles. The molecule has 0 saturated carbocycles. The molecule has 0 heterocycles. The number of carbonyl (C=O) groups excluding carboxylic acids is 2. The summed E-state index contributed by atoms with van der Waals surface area (Å²) in [5.41, 5.74) is 0. The van der Waals surface area contributed by atoms with Gasteiger partial charge in [0.1, 0.15) is 6.61 Å². The number of rotatable bonds is 43. The highest BCUT2D eigenvalue weighted by Crippen LogP contribution is 2.14. The lowest BCUT2D eigenvalue weighted by Gasteiger charge is -2.18. The molecule has 56 heavy (non-hydrogen) atoms. The molecule has 0 aliphatic carbocycles. The summed E-state index contributed by atoms with van der Waals surface area (Å²) in [4.78, 5) is 25.2. The molecule has 1 unspecified atom stereocenters. The van der Waals surface area contributed by atoms with E-state index in [-0.39, 0.29) is 25.2 Å². The molecule has 0 bridgehead atoms. The third kappa shape index (κ3) is 44.3. The quantitative estimate of drug-likeness (QED) is 0.0350. The van der Waals surface area contributed by atoms with Gasteiger partial charge in [-0.3, -0.25) is 9.59 Å². The van der Waals surface area contributed by atoms with Gasteiger partial charge in [0, 0.05) is 19.4 Å². The average molecular weight is 783 g/mol. The normalized spacial score (nSPS) is 12.7. The summed E-state index contributed by atoms with van der Waals surface area (Å²) >= 11 is 0. The van der Waals surface area contributed by atoms with Crippen molar-refractivity contribution in [3.05, 3.63) is 60.8 Å². The van der Waals surface area contributed by atoms with Gasteiger partial charge >= 0.3 is 11.9 Å². The lowest BCUT2D eigenvalue weighted by atomic mass is 10.1. The predicted molar refractivity (Wildman–Crippen MR) is 242 cm³/mol. The molecule has 324 valence electrons. The summed E-state index contributed by atoms with van der Waals surface area (Å²) in [6.45, 7) is 7.66. The molecule has 1 atom stereocenters. The van der Waals surface area contributed by atoms with Gasteiger partial charge in [-0.15, -0.1) is 0 Å². The van der Waals surface area contributed by atoms with Crippen LogP contribution in [0.5, 0.6) is 0 Å². The fraction of sp³-hybridized carbons (Fsp3) is 0.765. The van der Waals surface area contributed by atoms with Crippen LogP contribution in [0.25, 0.3) is 0 Å². The smallest absolute Gasteiger partial charge is 0.306 e. The Labute approximate surface area is 347 Å². The molecule has 0 aliphatic rings. The van der Waals surface area contributed by atoms with Gasteiger partial charge < -0.3 is 14.2 Å². The van der Waals surface area contributed by atoms with Crippen molar-refractivity contribution in [3.63, 3.8) is 0 Å². The summed E-state index contributed by atoms with van der Waals surface area (Å²) in [6, 6.07) is 0. The van der Waals surface area contributed by atoms with Gasteiger partial charge in [-0.1, -0.05) is 216 Å². The van der Waals surface area contributed by atoms with Crippen molar-refractivity contribution >= 4 is 11.9 Å². The maximum Gasteiger partial charge on any atom is 0.306 e. The molecule has 0 radical (unpaired) electrons. The van der Waals surface area contributed by atoms with Crippen molar-refractivity contribution in [2.24, 2.45) is 0 Å². The highest BCUT2D eigenvalue weighted by Gasteiger charge is 2.17. The minimum absolute atomic E-state index is 0.0585. The Hall–Kier alpha value is -2.40. The van der Waals surface area contributed by atoms with E-state index in [0.717, 1.165) is 70.6 Å². The summed E-state index contributed by atoms with van der Waals surface area (Å²) < 4.78 is 17.3. The molecule has 0 N–H and O–H groups in total. The zero-order chi connectivity index (χ0) is 40.7. The molecule has 0 aromatic heterocycles. The lowest BCUT2D eigenvalue weighted by molar-refractivity contribution is -0.163. The van der Waals surface area contributed by atoms with Crippen molar-refractivity contribution in [2.75, 3.05) is 19.8 Å². The molecule has 0 aromatic rings. The molecule has 0 rings (SSSR count). The average Bonchev–Trinajstić information content (AvgIpc) is 3.20. The maximum absolute atomic E-state index is 12.7. The van der Waals surface area contributed by atoms with Crippen molar-refractivity contribution in [1.82, 2.24) is 0 Å². The topological polar surface area (TPSA) is 61.8 Å². The number of hydrogen-bond donors (Lipinski definition) is 0. The van der Waals surface area contributed by atoms with Gasteiger partial charge in [0.15, 0.2) is 6.10 Å². The molecule has 5 heteroatoms. The summed E-state index contributed by atoms with van der Waals surface area (Å²) in [6.07, 6.45) is 57.9. The van der Waals surface area contributed by atoms with Gasteiger partial charge in [0.25, 0.3) is 0 Å². The third-order valence-electron chi connectivity index (χ3n) is 10.1. The molecule has 0 aliphatic heterocycles. The van der Waals surface area contributed by atoms with Gasteiger partial charge in [-0.25, -0.2) is 0 Å². The van der Waals surface area contributed by atoms with Crippen molar-refractivity contribution in [3.8, 4) is 0 Å². The number of allylic oxidation sites excluding steroid dienone is 10. The Morgan fingerprint density at radius 3 is 1.27 bits per heavy atom. The van der Waals surface area contributed by atoms with Crippen LogP contribution in [-0.4, -0.2) is 37.9 Å². The van der Waals surface area contributed by atoms with Gasteiger partial charge in [0.05, 0.1) is 6.61 Å². The summed E-state index contributed by atoms with van der Waals surface area (Å²) in [7, 11) is 0. The first-order valence-electron chi connectivity index (χ1n) is 23.8. The van der Waals surface area contributed by atoms with E-state index in [1.165, 1.54) is 122 Å². The molecule has 0 fully saturated rings. The second-order valence-corrected chi connectivity index (χ2v) is 15.6. The van der Waals surface area contributed by atoms with E-state index in [1.807, 2.05) is 0 Å². The molecular formula is C51H90O5. The fourth-order valence-corrected chi connectivity index (χ4v) is 6.55. The van der Waals surface area contributed by atoms with Crippen molar-refractivity contribution < 1.29 is 23.8 Å². The number of unbranched alkanes of at least 4 members (excludes halogenated alkanes) is 22. The maximum atomic E-state index is 12.7. The van der Waals surface area contributed by atoms with E-state index >= 15 is 0 Å². The summed E-state index contributed by atoms with van der Waals surface area (Å²) in [5.74, 6) is -0.459. The Balaban J connectivity index is 4.32. The molecule has 0 amide bonds. The van der Waals surface area contributed by atoms with Crippen molar-refractivity contribution in [1.29, 1.82) is 0 Å². The van der Waals surface area contributed by atoms with Crippen LogP contribution in [0, 0.1) is 0 Å². The van der Waals surface area contributed by atoms with Crippen LogP contribution >= 0.6 is 0 Å². The minimum atomic E-state index is -0.553. The van der Waals surface area contributed by atoms with E-state index in [9.17, 15) is 9.59 Å². The highest BCUT2D eigenvalue weighted by atomic mass is 16.6. The van der Waals surface area contributed by atoms with Crippen molar-refractivity contribution in [2.45, 2.75) is 232 Å². The molecular weight excluding hydrogens is 693 g/mol. The van der Waals surface area contributed by atoms with Gasteiger partial charge in [-0.05, 0) is 57.8 Å². The van der Waals surface area contributed by atoms with Gasteiger partial charge in [-0.2, -0.15) is 0 Å². The third-order valence-corrected chi connectivity index (χ3v) is 10.1. The number of ether oxygens (including phenoxy) is 3.